The topological polar surface area (TPSA) is 92.8 Å². The predicted octanol–water partition coefficient (Wildman–Crippen LogP) is 3.45. The number of carbonyl (C=O) groups excluding carboxylic acids is 2. The van der Waals surface area contributed by atoms with Crippen molar-refractivity contribution in [3.05, 3.63) is 58.9 Å². The van der Waals surface area contributed by atoms with E-state index in [1.807, 2.05) is 0 Å². The SMILES string of the molecule is CCC(C(=O)Nc1cccc(C(=O)OC)c1)N(c1ccc(F)c(Cl)c1)S(C)(=O)=O. The number of esters is 1. The van der Waals surface area contributed by atoms with E-state index in [2.05, 4.69) is 10.1 Å². The minimum absolute atomic E-state index is 0.0595. The number of amides is 1. The number of ether oxygens (including phenoxy) is 1. The third-order valence-electron chi connectivity index (χ3n) is 4.04. The molecule has 0 spiro atoms. The van der Waals surface area contributed by atoms with Crippen LogP contribution in [0.2, 0.25) is 5.02 Å². The van der Waals surface area contributed by atoms with E-state index in [0.717, 1.165) is 22.7 Å². The number of nitrogens with zero attached hydrogens (tertiary/aromatic N) is 1. The fourth-order valence-electron chi connectivity index (χ4n) is 2.75. The van der Waals surface area contributed by atoms with E-state index < -0.39 is 33.8 Å². The average molecular weight is 443 g/mol. The van der Waals surface area contributed by atoms with Crippen LogP contribution in [0.5, 0.6) is 0 Å². The second-order valence-corrected chi connectivity index (χ2v) is 8.41. The van der Waals surface area contributed by atoms with E-state index >= 15 is 0 Å². The average Bonchev–Trinajstić information content (AvgIpc) is 2.66. The molecule has 0 bridgehead atoms. The molecular weight excluding hydrogens is 423 g/mol. The second-order valence-electron chi connectivity index (χ2n) is 6.14. The molecule has 2 aromatic rings. The van der Waals surface area contributed by atoms with Gasteiger partial charge in [-0.05, 0) is 42.8 Å². The number of rotatable bonds is 7. The zero-order chi connectivity index (χ0) is 21.8. The first-order valence-corrected chi connectivity index (χ1v) is 10.7. The molecule has 0 radical (unpaired) electrons. The molecule has 7 nitrogen and oxygen atoms in total. The van der Waals surface area contributed by atoms with Gasteiger partial charge < -0.3 is 10.1 Å². The Balaban J connectivity index is 2.38. The van der Waals surface area contributed by atoms with Crippen molar-refractivity contribution in [2.24, 2.45) is 0 Å². The van der Waals surface area contributed by atoms with E-state index in [-0.39, 0.29) is 22.7 Å². The van der Waals surface area contributed by atoms with Crippen LogP contribution in [0.4, 0.5) is 15.8 Å². The summed E-state index contributed by atoms with van der Waals surface area (Å²) in [4.78, 5) is 24.5. The molecule has 29 heavy (non-hydrogen) atoms. The Labute approximate surface area is 173 Å². The molecule has 1 atom stereocenters. The number of halogens is 2. The molecule has 0 aliphatic carbocycles. The minimum atomic E-state index is -3.90. The first kappa shape index (κ1) is 22.6. The summed E-state index contributed by atoms with van der Waals surface area (Å²) in [5.74, 6) is -1.91. The number of anilines is 2. The van der Waals surface area contributed by atoms with E-state index in [4.69, 9.17) is 11.6 Å². The van der Waals surface area contributed by atoms with E-state index in [1.54, 1.807) is 19.1 Å². The first-order chi connectivity index (χ1) is 13.6. The zero-order valence-corrected chi connectivity index (χ0v) is 17.6. The van der Waals surface area contributed by atoms with Gasteiger partial charge in [0.1, 0.15) is 11.9 Å². The van der Waals surface area contributed by atoms with Gasteiger partial charge in [0.2, 0.25) is 15.9 Å². The lowest BCUT2D eigenvalue weighted by Gasteiger charge is -2.30. The highest BCUT2D eigenvalue weighted by Gasteiger charge is 2.32. The Morgan fingerprint density at radius 1 is 1.24 bits per heavy atom. The van der Waals surface area contributed by atoms with Gasteiger partial charge in [-0.15, -0.1) is 0 Å². The zero-order valence-electron chi connectivity index (χ0n) is 16.0. The summed E-state index contributed by atoms with van der Waals surface area (Å²) in [5.41, 5.74) is 0.579. The summed E-state index contributed by atoms with van der Waals surface area (Å²) in [6.45, 7) is 1.64. The van der Waals surface area contributed by atoms with Gasteiger partial charge in [0.15, 0.2) is 0 Å². The number of carbonyl (C=O) groups is 2. The van der Waals surface area contributed by atoms with Crippen LogP contribution in [0.15, 0.2) is 42.5 Å². The summed E-state index contributed by atoms with van der Waals surface area (Å²) in [5, 5.41) is 2.33. The van der Waals surface area contributed by atoms with E-state index in [1.165, 1.54) is 25.3 Å². The molecule has 0 saturated heterocycles. The number of methoxy groups -OCH3 is 1. The number of nitrogens with one attached hydrogen (secondary N) is 1. The molecule has 0 heterocycles. The van der Waals surface area contributed by atoms with Crippen LogP contribution in [-0.4, -0.2) is 39.7 Å². The van der Waals surface area contributed by atoms with Crippen LogP contribution in [0.1, 0.15) is 23.7 Å². The third kappa shape index (κ3) is 5.45. The van der Waals surface area contributed by atoms with Gasteiger partial charge in [-0.1, -0.05) is 24.6 Å². The monoisotopic (exact) mass is 442 g/mol. The van der Waals surface area contributed by atoms with E-state index in [9.17, 15) is 22.4 Å². The fraction of sp³-hybridized carbons (Fsp3) is 0.263. The maximum absolute atomic E-state index is 13.5. The lowest BCUT2D eigenvalue weighted by molar-refractivity contribution is -0.117. The molecule has 0 saturated carbocycles. The van der Waals surface area contributed by atoms with Gasteiger partial charge >= 0.3 is 5.97 Å². The van der Waals surface area contributed by atoms with Crippen LogP contribution >= 0.6 is 11.6 Å². The Bertz CT molecular complexity index is 1030. The molecule has 0 aromatic heterocycles. The summed E-state index contributed by atoms with van der Waals surface area (Å²) in [6, 6.07) is 8.31. The number of benzene rings is 2. The molecule has 0 fully saturated rings. The standard InChI is InChI=1S/C19H20ClFN2O5S/c1-4-17(18(24)22-13-7-5-6-12(10-13)19(25)28-2)23(29(3,26)27)14-8-9-16(21)15(20)11-14/h5-11,17H,4H2,1-3H3,(H,22,24). The van der Waals surface area contributed by atoms with Crippen molar-refractivity contribution in [2.45, 2.75) is 19.4 Å². The molecule has 1 unspecified atom stereocenters. The maximum atomic E-state index is 13.5. The van der Waals surface area contributed by atoms with E-state index in [0.29, 0.717) is 5.69 Å². The quantitative estimate of drug-likeness (QED) is 0.663. The minimum Gasteiger partial charge on any atom is -0.465 e. The summed E-state index contributed by atoms with van der Waals surface area (Å²) >= 11 is 5.79. The largest absolute Gasteiger partial charge is 0.465 e. The number of hydrogen-bond acceptors (Lipinski definition) is 5. The highest BCUT2D eigenvalue weighted by Crippen LogP contribution is 2.27. The van der Waals surface area contributed by atoms with Gasteiger partial charge in [-0.3, -0.25) is 9.10 Å². The molecule has 10 heteroatoms. The first-order valence-electron chi connectivity index (χ1n) is 8.52. The highest BCUT2D eigenvalue weighted by molar-refractivity contribution is 7.92. The molecule has 2 rings (SSSR count). The predicted molar refractivity (Wildman–Crippen MR) is 109 cm³/mol. The smallest absolute Gasteiger partial charge is 0.337 e. The van der Waals surface area contributed by atoms with Gasteiger partial charge in [-0.25, -0.2) is 17.6 Å². The molecule has 156 valence electrons. The third-order valence-corrected chi connectivity index (χ3v) is 5.51. The van der Waals surface area contributed by atoms with Crippen LogP contribution < -0.4 is 9.62 Å². The highest BCUT2D eigenvalue weighted by atomic mass is 35.5. The Morgan fingerprint density at radius 2 is 1.93 bits per heavy atom. The fourth-order valence-corrected chi connectivity index (χ4v) is 4.13. The van der Waals surface area contributed by atoms with Crippen molar-refractivity contribution >= 4 is 44.9 Å². The van der Waals surface area contributed by atoms with Crippen LogP contribution in [0.3, 0.4) is 0 Å². The normalized spacial score (nSPS) is 12.2. The molecule has 0 aliphatic heterocycles. The summed E-state index contributed by atoms with van der Waals surface area (Å²) in [6.07, 6.45) is 1.07. The van der Waals surface area contributed by atoms with Crippen molar-refractivity contribution in [3.63, 3.8) is 0 Å². The van der Waals surface area contributed by atoms with Crippen LogP contribution in [0.25, 0.3) is 0 Å². The Hall–Kier alpha value is -2.65. The van der Waals surface area contributed by atoms with Gasteiger partial charge in [0.25, 0.3) is 0 Å². The summed E-state index contributed by atoms with van der Waals surface area (Å²) in [7, 11) is -2.67. The van der Waals surface area contributed by atoms with Crippen molar-refractivity contribution in [1.29, 1.82) is 0 Å². The van der Waals surface area contributed by atoms with Crippen molar-refractivity contribution < 1.29 is 27.1 Å². The molecule has 0 aliphatic rings. The maximum Gasteiger partial charge on any atom is 0.337 e. The Morgan fingerprint density at radius 3 is 2.48 bits per heavy atom. The van der Waals surface area contributed by atoms with Gasteiger partial charge in [0, 0.05) is 5.69 Å². The van der Waals surface area contributed by atoms with Gasteiger partial charge in [0.05, 0.1) is 29.6 Å². The van der Waals surface area contributed by atoms with Crippen LogP contribution in [-0.2, 0) is 19.6 Å². The molecule has 2 aromatic carbocycles. The van der Waals surface area contributed by atoms with Gasteiger partial charge in [-0.2, -0.15) is 0 Å². The van der Waals surface area contributed by atoms with Crippen molar-refractivity contribution in [1.82, 2.24) is 0 Å². The lowest BCUT2D eigenvalue weighted by atomic mass is 10.1. The lowest BCUT2D eigenvalue weighted by Crippen LogP contribution is -2.47. The molecular formula is C19H20ClFN2O5S. The number of sulfonamides is 1. The van der Waals surface area contributed by atoms with Crippen LogP contribution in [0, 0.1) is 5.82 Å². The molecule has 1 amide bonds. The second kappa shape index (κ2) is 9.23. The van der Waals surface area contributed by atoms with Crippen molar-refractivity contribution in [2.75, 3.05) is 23.0 Å². The molecule has 1 N–H and O–H groups in total. The number of hydrogen-bond donors (Lipinski definition) is 1. The Kier molecular flexibility index (Phi) is 7.21. The van der Waals surface area contributed by atoms with Crippen molar-refractivity contribution in [3.8, 4) is 0 Å². The summed E-state index contributed by atoms with van der Waals surface area (Å²) < 4.78 is 43.9.